The summed E-state index contributed by atoms with van der Waals surface area (Å²) in [6.07, 6.45) is -3.72. The summed E-state index contributed by atoms with van der Waals surface area (Å²) in [6, 6.07) is 0. The van der Waals surface area contributed by atoms with Crippen LogP contribution in [0.5, 0.6) is 0 Å². The zero-order valence-electron chi connectivity index (χ0n) is 12.2. The Morgan fingerprint density at radius 3 is 2.24 bits per heavy atom. The number of amidine groups is 1. The monoisotopic (exact) mass is 309 g/mol. The number of halogens is 3. The van der Waals surface area contributed by atoms with E-state index in [2.05, 4.69) is 10.5 Å². The smallest absolute Gasteiger partial charge is 0.391 e. The number of rotatable bonds is 4. The Kier molecular flexibility index (Phi) is 5.47. The van der Waals surface area contributed by atoms with Crippen LogP contribution in [-0.4, -0.2) is 29.7 Å². The Hall–Kier alpha value is -1.47. The van der Waals surface area contributed by atoms with Crippen molar-refractivity contribution >= 4 is 11.7 Å². The van der Waals surface area contributed by atoms with E-state index in [-0.39, 0.29) is 44.0 Å². The Labute approximate surface area is 121 Å². The van der Waals surface area contributed by atoms with Crippen LogP contribution in [0.4, 0.5) is 13.2 Å². The molecule has 8 heteroatoms. The lowest BCUT2D eigenvalue weighted by molar-refractivity contribution is -0.184. The van der Waals surface area contributed by atoms with Crippen LogP contribution in [0, 0.1) is 17.3 Å². The van der Waals surface area contributed by atoms with Gasteiger partial charge >= 0.3 is 6.18 Å². The Morgan fingerprint density at radius 1 is 1.29 bits per heavy atom. The summed E-state index contributed by atoms with van der Waals surface area (Å²) >= 11 is 0. The molecule has 1 fully saturated rings. The first-order valence-corrected chi connectivity index (χ1v) is 6.90. The summed E-state index contributed by atoms with van der Waals surface area (Å²) in [4.78, 5) is 12.0. The molecule has 0 aromatic heterocycles. The molecule has 4 N–H and O–H groups in total. The zero-order valence-corrected chi connectivity index (χ0v) is 12.2. The SMILES string of the molecule is CC(C)(CNC(=O)C1CCC(C(F)(F)F)CC1)C(N)=NO. The first-order valence-electron chi connectivity index (χ1n) is 6.90. The van der Waals surface area contributed by atoms with E-state index in [9.17, 15) is 18.0 Å². The van der Waals surface area contributed by atoms with Gasteiger partial charge in [0.1, 0.15) is 5.84 Å². The molecule has 1 saturated carbocycles. The molecule has 1 rings (SSSR count). The third-order valence-electron chi connectivity index (χ3n) is 4.07. The van der Waals surface area contributed by atoms with Gasteiger partial charge in [-0.3, -0.25) is 4.79 Å². The predicted octanol–water partition coefficient (Wildman–Crippen LogP) is 2.24. The van der Waals surface area contributed by atoms with Crippen molar-refractivity contribution in [2.24, 2.45) is 28.1 Å². The van der Waals surface area contributed by atoms with Gasteiger partial charge in [0, 0.05) is 17.9 Å². The van der Waals surface area contributed by atoms with Crippen molar-refractivity contribution in [2.45, 2.75) is 45.7 Å². The standard InChI is InChI=1S/C13H22F3N3O2/c1-12(2,11(17)19-21)7-18-10(20)8-3-5-9(6-4-8)13(14,15)16/h8-9,21H,3-7H2,1-2H3,(H2,17,19)(H,18,20). The number of carbonyl (C=O) groups excluding carboxylic acids is 1. The number of carbonyl (C=O) groups is 1. The van der Waals surface area contributed by atoms with E-state index in [1.165, 1.54) is 0 Å². The maximum absolute atomic E-state index is 12.6. The molecule has 0 unspecified atom stereocenters. The molecule has 0 saturated heterocycles. The van der Waals surface area contributed by atoms with Gasteiger partial charge in [-0.1, -0.05) is 19.0 Å². The molecular weight excluding hydrogens is 287 g/mol. The molecule has 0 spiro atoms. The number of oxime groups is 1. The zero-order chi connectivity index (χ0) is 16.3. The van der Waals surface area contributed by atoms with E-state index in [0.717, 1.165) is 0 Å². The van der Waals surface area contributed by atoms with Gasteiger partial charge in [0.25, 0.3) is 0 Å². The van der Waals surface area contributed by atoms with Gasteiger partial charge in [0.2, 0.25) is 5.91 Å². The molecule has 0 heterocycles. The average molecular weight is 309 g/mol. The molecular formula is C13H22F3N3O2. The van der Waals surface area contributed by atoms with E-state index in [0.29, 0.717) is 0 Å². The van der Waals surface area contributed by atoms with Crippen molar-refractivity contribution in [3.05, 3.63) is 0 Å². The normalized spacial score (nSPS) is 24.7. The van der Waals surface area contributed by atoms with Crippen molar-refractivity contribution in [1.82, 2.24) is 5.32 Å². The van der Waals surface area contributed by atoms with Crippen LogP contribution in [0.3, 0.4) is 0 Å². The van der Waals surface area contributed by atoms with Crippen LogP contribution in [0.15, 0.2) is 5.16 Å². The number of hydrogen-bond acceptors (Lipinski definition) is 3. The van der Waals surface area contributed by atoms with Crippen LogP contribution in [-0.2, 0) is 4.79 Å². The molecule has 1 aliphatic carbocycles. The molecule has 0 atom stereocenters. The van der Waals surface area contributed by atoms with Gasteiger partial charge < -0.3 is 16.3 Å². The molecule has 5 nitrogen and oxygen atoms in total. The van der Waals surface area contributed by atoms with Gasteiger partial charge in [-0.05, 0) is 25.7 Å². The fourth-order valence-electron chi connectivity index (χ4n) is 2.36. The van der Waals surface area contributed by atoms with Crippen LogP contribution in [0.25, 0.3) is 0 Å². The van der Waals surface area contributed by atoms with Crippen molar-refractivity contribution < 1.29 is 23.2 Å². The first-order chi connectivity index (χ1) is 9.58. The highest BCUT2D eigenvalue weighted by molar-refractivity contribution is 5.86. The van der Waals surface area contributed by atoms with Crippen molar-refractivity contribution in [3.8, 4) is 0 Å². The Balaban J connectivity index is 2.45. The highest BCUT2D eigenvalue weighted by Crippen LogP contribution is 2.39. The summed E-state index contributed by atoms with van der Waals surface area (Å²) in [7, 11) is 0. The number of nitrogens with zero attached hydrogens (tertiary/aromatic N) is 1. The highest BCUT2D eigenvalue weighted by Gasteiger charge is 2.42. The predicted molar refractivity (Wildman–Crippen MR) is 71.7 cm³/mol. The number of nitrogens with one attached hydrogen (secondary N) is 1. The van der Waals surface area contributed by atoms with Crippen LogP contribution in [0.1, 0.15) is 39.5 Å². The van der Waals surface area contributed by atoms with E-state index in [1.807, 2.05) is 0 Å². The molecule has 0 radical (unpaired) electrons. The second-order valence-corrected chi connectivity index (χ2v) is 6.18. The van der Waals surface area contributed by atoms with E-state index >= 15 is 0 Å². The summed E-state index contributed by atoms with van der Waals surface area (Å²) in [5.41, 5.74) is 4.79. The maximum Gasteiger partial charge on any atom is 0.391 e. The lowest BCUT2D eigenvalue weighted by Gasteiger charge is -2.30. The molecule has 21 heavy (non-hydrogen) atoms. The fourth-order valence-corrected chi connectivity index (χ4v) is 2.36. The van der Waals surface area contributed by atoms with Crippen molar-refractivity contribution in [2.75, 3.05) is 6.54 Å². The summed E-state index contributed by atoms with van der Waals surface area (Å²) in [6.45, 7) is 3.56. The minimum Gasteiger partial charge on any atom is -0.409 e. The van der Waals surface area contributed by atoms with Crippen molar-refractivity contribution in [1.29, 1.82) is 0 Å². The summed E-state index contributed by atoms with van der Waals surface area (Å²) < 4.78 is 37.7. The molecule has 1 amide bonds. The summed E-state index contributed by atoms with van der Waals surface area (Å²) in [5, 5.41) is 14.2. The fraction of sp³-hybridized carbons (Fsp3) is 0.846. The lowest BCUT2D eigenvalue weighted by Crippen LogP contribution is -2.45. The van der Waals surface area contributed by atoms with Gasteiger partial charge in [-0.25, -0.2) is 0 Å². The number of amides is 1. The van der Waals surface area contributed by atoms with E-state index < -0.39 is 23.4 Å². The lowest BCUT2D eigenvalue weighted by atomic mass is 9.81. The molecule has 0 aromatic rings. The topological polar surface area (TPSA) is 87.7 Å². The number of nitrogens with two attached hydrogens (primary N) is 1. The van der Waals surface area contributed by atoms with E-state index in [4.69, 9.17) is 10.9 Å². The Bertz CT molecular complexity index is 400. The second-order valence-electron chi connectivity index (χ2n) is 6.18. The third-order valence-corrected chi connectivity index (χ3v) is 4.07. The Morgan fingerprint density at radius 2 is 1.81 bits per heavy atom. The number of hydrogen-bond donors (Lipinski definition) is 3. The largest absolute Gasteiger partial charge is 0.409 e. The van der Waals surface area contributed by atoms with Gasteiger partial charge in [0.05, 0.1) is 5.92 Å². The average Bonchev–Trinajstić information content (AvgIpc) is 2.43. The second kappa shape index (κ2) is 6.53. The first kappa shape index (κ1) is 17.6. The number of alkyl halides is 3. The highest BCUT2D eigenvalue weighted by atomic mass is 19.4. The molecule has 0 aliphatic heterocycles. The minimum atomic E-state index is -4.17. The quantitative estimate of drug-likeness (QED) is 0.322. The van der Waals surface area contributed by atoms with Crippen LogP contribution in [0.2, 0.25) is 0 Å². The van der Waals surface area contributed by atoms with Gasteiger partial charge in [-0.15, -0.1) is 0 Å². The molecule has 1 aliphatic rings. The molecule has 0 aromatic carbocycles. The van der Waals surface area contributed by atoms with E-state index in [1.54, 1.807) is 13.8 Å². The van der Waals surface area contributed by atoms with Gasteiger partial charge in [-0.2, -0.15) is 13.2 Å². The molecule has 0 bridgehead atoms. The molecule has 122 valence electrons. The van der Waals surface area contributed by atoms with Crippen molar-refractivity contribution in [3.63, 3.8) is 0 Å². The maximum atomic E-state index is 12.6. The van der Waals surface area contributed by atoms with Gasteiger partial charge in [0.15, 0.2) is 0 Å². The third kappa shape index (κ3) is 4.78. The summed E-state index contributed by atoms with van der Waals surface area (Å²) in [5.74, 6) is -1.97. The van der Waals surface area contributed by atoms with Crippen LogP contribution >= 0.6 is 0 Å². The minimum absolute atomic E-state index is 0.00871. The van der Waals surface area contributed by atoms with Crippen LogP contribution < -0.4 is 11.1 Å².